The highest BCUT2D eigenvalue weighted by molar-refractivity contribution is 5.77. The lowest BCUT2D eigenvalue weighted by atomic mass is 10.1. The van der Waals surface area contributed by atoms with E-state index < -0.39 is 0 Å². The molecule has 1 saturated heterocycles. The molecule has 1 aliphatic rings. The van der Waals surface area contributed by atoms with Crippen molar-refractivity contribution in [3.8, 4) is 0 Å². The van der Waals surface area contributed by atoms with Crippen LogP contribution in [-0.4, -0.2) is 38.1 Å². The van der Waals surface area contributed by atoms with E-state index in [1.807, 2.05) is 6.92 Å². The van der Waals surface area contributed by atoms with Crippen LogP contribution in [0.25, 0.3) is 0 Å². The van der Waals surface area contributed by atoms with Gasteiger partial charge in [0.15, 0.2) is 0 Å². The summed E-state index contributed by atoms with van der Waals surface area (Å²) in [4.78, 5) is 11.2. The largest absolute Gasteiger partial charge is 0.355 e. The molecule has 0 aromatic carbocycles. The number of carbonyl (C=O) groups is 1. The molecule has 4 nitrogen and oxygen atoms in total. The highest BCUT2D eigenvalue weighted by atomic mass is 16.1. The second-order valence-electron chi connectivity index (χ2n) is 3.71. The van der Waals surface area contributed by atoms with Crippen LogP contribution >= 0.6 is 0 Å². The van der Waals surface area contributed by atoms with E-state index in [9.17, 15) is 4.79 Å². The second kappa shape index (κ2) is 6.79. The SMILES string of the molecule is CCNC(=O)CNC1CCCNCC1. The predicted octanol–water partition coefficient (Wildman–Crippen LogP) is -0.146. The number of likely N-dealkylation sites (N-methyl/N-ethyl adjacent to an activating group) is 1. The minimum Gasteiger partial charge on any atom is -0.355 e. The maximum atomic E-state index is 11.2. The molecular weight excluding hydrogens is 178 g/mol. The number of carbonyl (C=O) groups excluding carboxylic acids is 1. The molecule has 1 aliphatic heterocycles. The van der Waals surface area contributed by atoms with Crippen molar-refractivity contribution in [2.75, 3.05) is 26.2 Å². The van der Waals surface area contributed by atoms with Crippen LogP contribution in [0.1, 0.15) is 26.2 Å². The zero-order valence-corrected chi connectivity index (χ0v) is 8.94. The second-order valence-corrected chi connectivity index (χ2v) is 3.71. The van der Waals surface area contributed by atoms with Gasteiger partial charge in [-0.2, -0.15) is 0 Å². The molecule has 1 fully saturated rings. The lowest BCUT2D eigenvalue weighted by Crippen LogP contribution is -2.39. The van der Waals surface area contributed by atoms with E-state index in [0.717, 1.165) is 19.5 Å². The molecule has 4 heteroatoms. The Balaban J connectivity index is 2.12. The summed E-state index contributed by atoms with van der Waals surface area (Å²) < 4.78 is 0. The van der Waals surface area contributed by atoms with Crippen molar-refractivity contribution >= 4 is 5.91 Å². The molecule has 3 N–H and O–H groups in total. The zero-order chi connectivity index (χ0) is 10.2. The number of rotatable bonds is 4. The first-order valence-corrected chi connectivity index (χ1v) is 5.53. The average Bonchev–Trinajstić information content (AvgIpc) is 2.43. The maximum Gasteiger partial charge on any atom is 0.233 e. The van der Waals surface area contributed by atoms with Gasteiger partial charge in [-0.05, 0) is 39.3 Å². The van der Waals surface area contributed by atoms with E-state index in [2.05, 4.69) is 16.0 Å². The van der Waals surface area contributed by atoms with Crippen molar-refractivity contribution in [2.45, 2.75) is 32.2 Å². The summed E-state index contributed by atoms with van der Waals surface area (Å²) in [5.41, 5.74) is 0. The molecule has 0 aromatic heterocycles. The van der Waals surface area contributed by atoms with E-state index in [-0.39, 0.29) is 5.91 Å². The Morgan fingerprint density at radius 2 is 2.29 bits per heavy atom. The smallest absolute Gasteiger partial charge is 0.233 e. The number of hydrogen-bond acceptors (Lipinski definition) is 3. The van der Waals surface area contributed by atoms with Gasteiger partial charge in [-0.3, -0.25) is 4.79 Å². The highest BCUT2D eigenvalue weighted by Crippen LogP contribution is 2.03. The van der Waals surface area contributed by atoms with Crippen LogP contribution in [0.5, 0.6) is 0 Å². The molecule has 1 amide bonds. The van der Waals surface area contributed by atoms with Gasteiger partial charge in [0.1, 0.15) is 0 Å². The third-order valence-electron chi connectivity index (χ3n) is 2.50. The summed E-state index contributed by atoms with van der Waals surface area (Å²) in [6.07, 6.45) is 3.50. The van der Waals surface area contributed by atoms with Gasteiger partial charge in [0.25, 0.3) is 0 Å². The highest BCUT2D eigenvalue weighted by Gasteiger charge is 2.11. The van der Waals surface area contributed by atoms with Crippen LogP contribution < -0.4 is 16.0 Å². The van der Waals surface area contributed by atoms with Crippen LogP contribution in [-0.2, 0) is 4.79 Å². The molecule has 0 aliphatic carbocycles. The molecule has 1 rings (SSSR count). The maximum absolute atomic E-state index is 11.2. The molecule has 1 heterocycles. The summed E-state index contributed by atoms with van der Waals surface area (Å²) in [5, 5.41) is 9.43. The van der Waals surface area contributed by atoms with Gasteiger partial charge in [-0.15, -0.1) is 0 Å². The van der Waals surface area contributed by atoms with Gasteiger partial charge in [0, 0.05) is 12.6 Å². The normalized spacial score (nSPS) is 22.8. The molecule has 14 heavy (non-hydrogen) atoms. The van der Waals surface area contributed by atoms with Gasteiger partial charge in [0.2, 0.25) is 5.91 Å². The molecule has 0 saturated carbocycles. The Hall–Kier alpha value is -0.610. The third-order valence-corrected chi connectivity index (χ3v) is 2.50. The Kier molecular flexibility index (Phi) is 5.56. The average molecular weight is 199 g/mol. The van der Waals surface area contributed by atoms with Crippen LogP contribution in [0.15, 0.2) is 0 Å². The van der Waals surface area contributed by atoms with Gasteiger partial charge in [-0.25, -0.2) is 0 Å². The number of amides is 1. The standard InChI is InChI=1S/C10H21N3O/c1-2-12-10(14)8-13-9-4-3-6-11-7-5-9/h9,11,13H,2-8H2,1H3,(H,12,14). The fraction of sp³-hybridized carbons (Fsp3) is 0.900. The minimum absolute atomic E-state index is 0.102. The van der Waals surface area contributed by atoms with Gasteiger partial charge in [-0.1, -0.05) is 0 Å². The van der Waals surface area contributed by atoms with Crippen molar-refractivity contribution in [2.24, 2.45) is 0 Å². The Morgan fingerprint density at radius 1 is 1.43 bits per heavy atom. The van der Waals surface area contributed by atoms with Crippen LogP contribution in [0.2, 0.25) is 0 Å². The first-order chi connectivity index (χ1) is 6.83. The Labute approximate surface area is 85.8 Å². The topological polar surface area (TPSA) is 53.2 Å². The summed E-state index contributed by atoms with van der Waals surface area (Å²) in [5.74, 6) is 0.102. The molecule has 1 unspecified atom stereocenters. The first kappa shape index (κ1) is 11.5. The monoisotopic (exact) mass is 199 g/mol. The lowest BCUT2D eigenvalue weighted by molar-refractivity contribution is -0.120. The van der Waals surface area contributed by atoms with Crippen LogP contribution in [0.3, 0.4) is 0 Å². The van der Waals surface area contributed by atoms with E-state index in [0.29, 0.717) is 19.1 Å². The van der Waals surface area contributed by atoms with Gasteiger partial charge < -0.3 is 16.0 Å². The van der Waals surface area contributed by atoms with Gasteiger partial charge >= 0.3 is 0 Å². The first-order valence-electron chi connectivity index (χ1n) is 5.53. The van der Waals surface area contributed by atoms with Crippen molar-refractivity contribution in [3.63, 3.8) is 0 Å². The van der Waals surface area contributed by atoms with Crippen molar-refractivity contribution < 1.29 is 4.79 Å². The van der Waals surface area contributed by atoms with E-state index in [1.165, 1.54) is 12.8 Å². The summed E-state index contributed by atoms with van der Waals surface area (Å²) >= 11 is 0. The number of nitrogens with one attached hydrogen (secondary N) is 3. The van der Waals surface area contributed by atoms with Crippen molar-refractivity contribution in [1.82, 2.24) is 16.0 Å². The summed E-state index contributed by atoms with van der Waals surface area (Å²) in [7, 11) is 0. The molecular formula is C10H21N3O. The van der Waals surface area contributed by atoms with E-state index in [4.69, 9.17) is 0 Å². The predicted molar refractivity (Wildman–Crippen MR) is 57.2 cm³/mol. The van der Waals surface area contributed by atoms with Gasteiger partial charge in [0.05, 0.1) is 6.54 Å². The fourth-order valence-electron chi connectivity index (χ4n) is 1.72. The molecule has 0 aromatic rings. The quantitative estimate of drug-likeness (QED) is 0.590. The lowest BCUT2D eigenvalue weighted by Gasteiger charge is -2.15. The molecule has 0 spiro atoms. The molecule has 1 atom stereocenters. The Bertz CT molecular complexity index is 165. The molecule has 82 valence electrons. The third kappa shape index (κ3) is 4.58. The molecule has 0 radical (unpaired) electrons. The fourth-order valence-corrected chi connectivity index (χ4v) is 1.72. The minimum atomic E-state index is 0.102. The number of hydrogen-bond donors (Lipinski definition) is 3. The molecule has 0 bridgehead atoms. The van der Waals surface area contributed by atoms with Crippen molar-refractivity contribution in [3.05, 3.63) is 0 Å². The van der Waals surface area contributed by atoms with Crippen LogP contribution in [0, 0.1) is 0 Å². The van der Waals surface area contributed by atoms with E-state index in [1.54, 1.807) is 0 Å². The summed E-state index contributed by atoms with van der Waals surface area (Å²) in [6.45, 7) is 5.28. The van der Waals surface area contributed by atoms with E-state index >= 15 is 0 Å². The summed E-state index contributed by atoms with van der Waals surface area (Å²) in [6, 6.07) is 0.507. The van der Waals surface area contributed by atoms with Crippen LogP contribution in [0.4, 0.5) is 0 Å². The van der Waals surface area contributed by atoms with Crippen molar-refractivity contribution in [1.29, 1.82) is 0 Å². The Morgan fingerprint density at radius 3 is 3.07 bits per heavy atom. The zero-order valence-electron chi connectivity index (χ0n) is 8.94.